The lowest BCUT2D eigenvalue weighted by atomic mass is 9.69. The van der Waals surface area contributed by atoms with Crippen LogP contribution in [0.2, 0.25) is 15.7 Å². The van der Waals surface area contributed by atoms with Gasteiger partial charge in [-0.05, 0) is 88.7 Å². The molecule has 1 N–H and O–H groups in total. The van der Waals surface area contributed by atoms with Crippen molar-refractivity contribution in [1.82, 2.24) is 19.9 Å². The number of ether oxygens (including phenoxy) is 3. The summed E-state index contributed by atoms with van der Waals surface area (Å²) in [5.41, 5.74) is 1.06. The van der Waals surface area contributed by atoms with Gasteiger partial charge in [0.25, 0.3) is 0 Å². The van der Waals surface area contributed by atoms with E-state index in [0.717, 1.165) is 29.9 Å². The maximum absolute atomic E-state index is 11.9. The Labute approximate surface area is 263 Å². The number of rotatable bonds is 7. The van der Waals surface area contributed by atoms with Crippen LogP contribution in [-0.2, 0) is 23.8 Å². The number of carbonyl (C=O) groups is 2. The minimum Gasteiger partial charge on any atom is -0.465 e. The summed E-state index contributed by atoms with van der Waals surface area (Å²) in [4.78, 5) is 38.9. The predicted octanol–water partition coefficient (Wildman–Crippen LogP) is 5.48. The highest BCUT2D eigenvalue weighted by Crippen LogP contribution is 2.47. The molecule has 222 valence electrons. The lowest BCUT2D eigenvalue weighted by Gasteiger charge is -2.43. The Morgan fingerprint density at radius 2 is 1.45 bits per heavy atom. The van der Waals surface area contributed by atoms with Crippen molar-refractivity contribution in [2.45, 2.75) is 68.8 Å². The normalized spacial score (nSPS) is 24.6. The molecule has 0 aliphatic heterocycles. The molecule has 14 heteroatoms. The number of halogens is 4. The molecular formula is C26H34Cl3IN4O6. The molecule has 40 heavy (non-hydrogen) atoms. The van der Waals surface area contributed by atoms with Gasteiger partial charge in [-0.3, -0.25) is 4.79 Å². The van der Waals surface area contributed by atoms with Crippen LogP contribution in [0.25, 0.3) is 0 Å². The van der Waals surface area contributed by atoms with Crippen molar-refractivity contribution in [2.24, 2.45) is 5.41 Å². The summed E-state index contributed by atoms with van der Waals surface area (Å²) in [6, 6.07) is 3.54. The molecule has 0 spiro atoms. The molecule has 2 aliphatic carbocycles. The van der Waals surface area contributed by atoms with Gasteiger partial charge in [-0.15, -0.1) is 0 Å². The minimum absolute atomic E-state index is 0.0780. The number of aliphatic hydroxyl groups excluding tert-OH is 1. The molecule has 2 saturated carbocycles. The molecule has 0 saturated heterocycles. The zero-order chi connectivity index (χ0) is 30.1. The number of esters is 2. The van der Waals surface area contributed by atoms with Crippen LogP contribution in [0.3, 0.4) is 0 Å². The largest absolute Gasteiger partial charge is 0.465 e. The smallest absolute Gasteiger partial charge is 0.338 e. The Balaban J connectivity index is 0.000000228. The van der Waals surface area contributed by atoms with E-state index < -0.39 is 11.0 Å². The fourth-order valence-electron chi connectivity index (χ4n) is 4.32. The molecule has 4 rings (SSSR count). The van der Waals surface area contributed by atoms with Gasteiger partial charge in [0.1, 0.15) is 5.15 Å². The molecule has 0 bridgehead atoms. The zero-order valence-electron chi connectivity index (χ0n) is 23.0. The van der Waals surface area contributed by atoms with Crippen molar-refractivity contribution in [3.8, 4) is 0 Å². The third kappa shape index (κ3) is 9.32. The number of methoxy groups -OCH3 is 1. The Bertz CT molecular complexity index is 1090. The molecule has 2 aliphatic rings. The Kier molecular flexibility index (Phi) is 13.7. The first kappa shape index (κ1) is 34.8. The van der Waals surface area contributed by atoms with E-state index in [1.165, 1.54) is 7.11 Å². The summed E-state index contributed by atoms with van der Waals surface area (Å²) in [6.45, 7) is 7.91. The first-order valence-electron chi connectivity index (χ1n) is 12.7. The molecular weight excluding hydrogens is 698 g/mol. The molecule has 0 atom stereocenters. The van der Waals surface area contributed by atoms with Crippen LogP contribution >= 0.6 is 57.4 Å². The number of hydrogen-bond acceptors (Lipinski definition) is 10. The number of hydrogen-bond donors (Lipinski definition) is 1. The van der Waals surface area contributed by atoms with Gasteiger partial charge in [-0.25, -0.2) is 24.7 Å². The molecule has 2 heterocycles. The lowest BCUT2D eigenvalue weighted by Crippen LogP contribution is -2.52. The molecule has 0 radical (unpaired) electrons. The maximum Gasteiger partial charge on any atom is 0.338 e. The van der Waals surface area contributed by atoms with E-state index in [2.05, 4.69) is 42.5 Å². The summed E-state index contributed by atoms with van der Waals surface area (Å²) in [5, 5.41) is 9.86. The van der Waals surface area contributed by atoms with Crippen LogP contribution in [0.15, 0.2) is 12.1 Å². The zero-order valence-corrected chi connectivity index (χ0v) is 27.5. The van der Waals surface area contributed by atoms with Gasteiger partial charge in [0.15, 0.2) is 5.60 Å². The number of alkyl halides is 1. The average molecular weight is 732 g/mol. The fraction of sp³-hybridized carbons (Fsp3) is 0.615. The molecule has 2 aromatic heterocycles. The Morgan fingerprint density at radius 3 is 1.88 bits per heavy atom. The SMILES string of the molecule is CCOC(=O)C1(CO)CC(I)C1.CCOC(=O)C1(OC)CC(c2cc(C)nc(Cl)n2)C1.Cc1cc(Cl)nc(Cl)n1. The van der Waals surface area contributed by atoms with Crippen molar-refractivity contribution in [2.75, 3.05) is 26.9 Å². The molecule has 0 unspecified atom stereocenters. The van der Waals surface area contributed by atoms with Crippen LogP contribution in [0.5, 0.6) is 0 Å². The molecule has 2 aromatic rings. The molecule has 0 aromatic carbocycles. The van der Waals surface area contributed by atoms with E-state index in [1.54, 1.807) is 26.8 Å². The topological polar surface area (TPSA) is 134 Å². The highest BCUT2D eigenvalue weighted by molar-refractivity contribution is 14.1. The van der Waals surface area contributed by atoms with Gasteiger partial charge in [0.2, 0.25) is 10.6 Å². The maximum atomic E-state index is 11.9. The highest BCUT2D eigenvalue weighted by Gasteiger charge is 2.53. The van der Waals surface area contributed by atoms with E-state index in [4.69, 9.17) is 54.1 Å². The van der Waals surface area contributed by atoms with Crippen LogP contribution in [0.4, 0.5) is 0 Å². The van der Waals surface area contributed by atoms with Crippen molar-refractivity contribution in [3.05, 3.63) is 44.9 Å². The van der Waals surface area contributed by atoms with Gasteiger partial charge in [-0.2, -0.15) is 0 Å². The summed E-state index contributed by atoms with van der Waals surface area (Å²) in [7, 11) is 1.53. The monoisotopic (exact) mass is 730 g/mol. The van der Waals surface area contributed by atoms with Crippen molar-refractivity contribution < 1.29 is 28.9 Å². The average Bonchev–Trinajstić information content (AvgIpc) is 2.81. The van der Waals surface area contributed by atoms with Gasteiger partial charge >= 0.3 is 11.9 Å². The Morgan fingerprint density at radius 1 is 0.925 bits per heavy atom. The molecule has 10 nitrogen and oxygen atoms in total. The highest BCUT2D eigenvalue weighted by atomic mass is 127. The summed E-state index contributed by atoms with van der Waals surface area (Å²) in [6.07, 6.45) is 2.63. The van der Waals surface area contributed by atoms with Gasteiger partial charge < -0.3 is 19.3 Å². The third-order valence-corrected chi connectivity index (χ3v) is 7.90. The van der Waals surface area contributed by atoms with E-state index in [1.807, 2.05) is 13.0 Å². The van der Waals surface area contributed by atoms with Gasteiger partial charge in [-0.1, -0.05) is 34.2 Å². The quantitative estimate of drug-likeness (QED) is 0.128. The second-order valence-electron chi connectivity index (χ2n) is 9.49. The second-order valence-corrected chi connectivity index (χ2v) is 12.3. The number of nitrogens with zero attached hydrogens (tertiary/aromatic N) is 4. The number of carbonyl (C=O) groups excluding carboxylic acids is 2. The number of aryl methyl sites for hydroxylation is 2. The van der Waals surface area contributed by atoms with Crippen LogP contribution in [0.1, 0.15) is 62.5 Å². The van der Waals surface area contributed by atoms with E-state index >= 15 is 0 Å². The van der Waals surface area contributed by atoms with E-state index in [-0.39, 0.29) is 35.0 Å². The number of aromatic nitrogens is 4. The van der Waals surface area contributed by atoms with Crippen molar-refractivity contribution >= 4 is 69.3 Å². The lowest BCUT2D eigenvalue weighted by molar-refractivity contribution is -0.182. The molecule has 2 fully saturated rings. The van der Waals surface area contributed by atoms with Crippen LogP contribution in [0, 0.1) is 19.3 Å². The standard InChI is InChI=1S/C13H17ClN2O3.C8H13IO3.C5H4Cl2N2/c1-4-19-11(17)13(18-3)6-9(7-13)10-5-8(2)15-12(14)16-10;1-2-12-7(11)8(5-10)3-6(9)4-8;1-3-2-4(6)9-5(7)8-3/h5,9H,4,6-7H2,1-3H3;6,10H,2-5H2,1H3;2H,1H3. The van der Waals surface area contributed by atoms with E-state index in [9.17, 15) is 9.59 Å². The van der Waals surface area contributed by atoms with Crippen molar-refractivity contribution in [3.63, 3.8) is 0 Å². The van der Waals surface area contributed by atoms with Gasteiger partial charge in [0, 0.05) is 34.0 Å². The first-order valence-corrected chi connectivity index (χ1v) is 15.0. The summed E-state index contributed by atoms with van der Waals surface area (Å²) >= 11 is 19.1. The van der Waals surface area contributed by atoms with Crippen LogP contribution < -0.4 is 0 Å². The number of aliphatic hydroxyl groups is 1. The first-order chi connectivity index (χ1) is 18.8. The third-order valence-electron chi connectivity index (χ3n) is 6.49. The molecule has 0 amide bonds. The summed E-state index contributed by atoms with van der Waals surface area (Å²) in [5.74, 6) is -0.380. The fourth-order valence-corrected chi connectivity index (χ4v) is 6.74. The Hall–Kier alpha value is -1.38. The van der Waals surface area contributed by atoms with Crippen LogP contribution in [-0.4, -0.2) is 73.4 Å². The van der Waals surface area contributed by atoms with Gasteiger partial charge in [0.05, 0.1) is 25.2 Å². The second kappa shape index (κ2) is 15.7. The minimum atomic E-state index is -0.827. The predicted molar refractivity (Wildman–Crippen MR) is 160 cm³/mol. The van der Waals surface area contributed by atoms with Crippen molar-refractivity contribution in [1.29, 1.82) is 0 Å². The van der Waals surface area contributed by atoms with E-state index in [0.29, 0.717) is 35.1 Å². The summed E-state index contributed by atoms with van der Waals surface area (Å²) < 4.78 is 15.8.